The fourth-order valence-corrected chi connectivity index (χ4v) is 4.92. The topological polar surface area (TPSA) is 80.9 Å². The second-order valence-electron chi connectivity index (χ2n) is 8.47. The number of rotatable bonds is 7. The first-order valence-corrected chi connectivity index (χ1v) is 12.1. The molecule has 1 atom stereocenters. The predicted octanol–water partition coefficient (Wildman–Crippen LogP) is 3.86. The van der Waals surface area contributed by atoms with Crippen LogP contribution in [-0.2, 0) is 18.4 Å². The molecule has 33 heavy (non-hydrogen) atoms. The van der Waals surface area contributed by atoms with Crippen LogP contribution in [0.3, 0.4) is 0 Å². The summed E-state index contributed by atoms with van der Waals surface area (Å²) in [7, 11) is 1.85. The number of aromatic nitrogens is 5. The molecule has 0 aliphatic carbocycles. The molecule has 3 aromatic rings. The van der Waals surface area contributed by atoms with E-state index in [1.54, 1.807) is 16.8 Å². The predicted molar refractivity (Wildman–Crippen MR) is 127 cm³/mol. The largest absolute Gasteiger partial charge is 0.322 e. The van der Waals surface area contributed by atoms with Gasteiger partial charge in [0.1, 0.15) is 5.82 Å². The van der Waals surface area contributed by atoms with Gasteiger partial charge in [0.2, 0.25) is 5.91 Å². The van der Waals surface area contributed by atoms with Crippen LogP contribution in [0.4, 0.5) is 10.1 Å². The van der Waals surface area contributed by atoms with E-state index in [2.05, 4.69) is 25.5 Å². The number of carbonyl (C=O) groups is 1. The molecule has 1 unspecified atom stereocenters. The normalized spacial score (nSPS) is 15.5. The lowest BCUT2D eigenvalue weighted by molar-refractivity contribution is -0.115. The SMILES string of the molecule is Cc1nn(C)c(C)c1NC(=O)C(C)Sc1nnc(CN2CCCCC2)n1-c1ccc(F)cc1. The Bertz CT molecular complexity index is 1120. The fraction of sp³-hybridized carbons (Fsp3) is 0.478. The standard InChI is InChI=1S/C23H30FN7OS/c1-15-21(16(2)29(4)28-15)25-22(32)17(3)33-23-27-26-20(14-30-12-6-5-7-13-30)31(23)19-10-8-18(24)9-11-19/h8-11,17H,5-7,12-14H2,1-4H3,(H,25,32). The molecule has 0 saturated carbocycles. The third-order valence-electron chi connectivity index (χ3n) is 6.01. The monoisotopic (exact) mass is 471 g/mol. The van der Waals surface area contributed by atoms with E-state index in [-0.39, 0.29) is 11.7 Å². The number of nitrogens with zero attached hydrogens (tertiary/aromatic N) is 6. The second-order valence-corrected chi connectivity index (χ2v) is 9.77. The van der Waals surface area contributed by atoms with Gasteiger partial charge >= 0.3 is 0 Å². The number of aryl methyl sites for hydroxylation is 2. The molecule has 3 heterocycles. The Labute approximate surface area is 197 Å². The molecule has 0 bridgehead atoms. The van der Waals surface area contributed by atoms with Gasteiger partial charge in [0.25, 0.3) is 0 Å². The summed E-state index contributed by atoms with van der Waals surface area (Å²) in [5.74, 6) is 0.358. The zero-order valence-corrected chi connectivity index (χ0v) is 20.3. The molecule has 2 aromatic heterocycles. The van der Waals surface area contributed by atoms with Gasteiger partial charge in [-0.2, -0.15) is 5.10 Å². The lowest BCUT2D eigenvalue weighted by Gasteiger charge is -2.26. The summed E-state index contributed by atoms with van der Waals surface area (Å²) in [6, 6.07) is 6.29. The molecule has 1 aromatic carbocycles. The van der Waals surface area contributed by atoms with Crippen molar-refractivity contribution in [2.75, 3.05) is 18.4 Å². The second kappa shape index (κ2) is 10.0. The highest BCUT2D eigenvalue weighted by atomic mass is 32.2. The van der Waals surface area contributed by atoms with Gasteiger partial charge in [0.15, 0.2) is 11.0 Å². The van der Waals surface area contributed by atoms with Crippen LogP contribution in [0.1, 0.15) is 43.4 Å². The highest BCUT2D eigenvalue weighted by molar-refractivity contribution is 8.00. The molecule has 1 amide bonds. The maximum absolute atomic E-state index is 13.6. The molecule has 1 aliphatic rings. The van der Waals surface area contributed by atoms with E-state index >= 15 is 0 Å². The number of piperidine rings is 1. The van der Waals surface area contributed by atoms with Crippen LogP contribution in [0.25, 0.3) is 5.69 Å². The zero-order valence-electron chi connectivity index (χ0n) is 19.5. The summed E-state index contributed by atoms with van der Waals surface area (Å²) >= 11 is 1.34. The molecule has 1 aliphatic heterocycles. The number of hydrogen-bond acceptors (Lipinski definition) is 6. The van der Waals surface area contributed by atoms with Crippen molar-refractivity contribution in [1.82, 2.24) is 29.4 Å². The van der Waals surface area contributed by atoms with Crippen molar-refractivity contribution >= 4 is 23.4 Å². The van der Waals surface area contributed by atoms with E-state index in [9.17, 15) is 9.18 Å². The third-order valence-corrected chi connectivity index (χ3v) is 7.05. The summed E-state index contributed by atoms with van der Waals surface area (Å²) in [6.07, 6.45) is 3.61. The average Bonchev–Trinajstić information content (AvgIpc) is 3.29. The number of thioether (sulfide) groups is 1. The first kappa shape index (κ1) is 23.4. The lowest BCUT2D eigenvalue weighted by Crippen LogP contribution is -2.30. The molecule has 1 fully saturated rings. The maximum Gasteiger partial charge on any atom is 0.237 e. The Kier molecular flexibility index (Phi) is 7.14. The summed E-state index contributed by atoms with van der Waals surface area (Å²) in [4.78, 5) is 15.3. The number of halogens is 1. The van der Waals surface area contributed by atoms with Gasteiger partial charge in [-0.3, -0.25) is 18.9 Å². The smallest absolute Gasteiger partial charge is 0.237 e. The van der Waals surface area contributed by atoms with Crippen molar-refractivity contribution in [1.29, 1.82) is 0 Å². The molecule has 10 heteroatoms. The summed E-state index contributed by atoms with van der Waals surface area (Å²) in [5.41, 5.74) is 3.19. The molecule has 176 valence electrons. The highest BCUT2D eigenvalue weighted by Gasteiger charge is 2.24. The van der Waals surface area contributed by atoms with E-state index in [1.807, 2.05) is 32.4 Å². The van der Waals surface area contributed by atoms with Crippen LogP contribution in [0.5, 0.6) is 0 Å². The molecule has 1 saturated heterocycles. The Morgan fingerprint density at radius 3 is 2.48 bits per heavy atom. The minimum atomic E-state index is -0.421. The van der Waals surface area contributed by atoms with Crippen molar-refractivity contribution in [3.05, 3.63) is 47.3 Å². The van der Waals surface area contributed by atoms with Crippen molar-refractivity contribution < 1.29 is 9.18 Å². The Morgan fingerprint density at radius 1 is 1.15 bits per heavy atom. The number of amides is 1. The van der Waals surface area contributed by atoms with Crippen molar-refractivity contribution in [3.8, 4) is 5.69 Å². The van der Waals surface area contributed by atoms with E-state index in [1.165, 1.54) is 43.2 Å². The summed E-state index contributed by atoms with van der Waals surface area (Å²) < 4.78 is 17.3. The number of nitrogens with one attached hydrogen (secondary N) is 1. The van der Waals surface area contributed by atoms with Crippen LogP contribution < -0.4 is 5.32 Å². The van der Waals surface area contributed by atoms with Crippen molar-refractivity contribution in [2.24, 2.45) is 7.05 Å². The summed E-state index contributed by atoms with van der Waals surface area (Å²) in [5, 5.41) is 16.4. The highest BCUT2D eigenvalue weighted by Crippen LogP contribution is 2.28. The molecule has 8 nitrogen and oxygen atoms in total. The van der Waals surface area contributed by atoms with Gasteiger partial charge in [-0.1, -0.05) is 18.2 Å². The number of likely N-dealkylation sites (tertiary alicyclic amines) is 1. The molecule has 1 N–H and O–H groups in total. The molecule has 0 spiro atoms. The van der Waals surface area contributed by atoms with Gasteiger partial charge < -0.3 is 5.32 Å². The summed E-state index contributed by atoms with van der Waals surface area (Å²) in [6.45, 7) is 8.36. The van der Waals surface area contributed by atoms with E-state index in [4.69, 9.17) is 0 Å². The van der Waals surface area contributed by atoms with E-state index in [0.29, 0.717) is 11.7 Å². The van der Waals surface area contributed by atoms with Crippen LogP contribution in [-0.4, -0.2) is 53.7 Å². The fourth-order valence-electron chi connectivity index (χ4n) is 4.04. The minimum Gasteiger partial charge on any atom is -0.322 e. The van der Waals surface area contributed by atoms with Gasteiger partial charge in [-0.05, 0) is 71.0 Å². The molecule has 0 radical (unpaired) electrons. The minimum absolute atomic E-state index is 0.134. The third kappa shape index (κ3) is 5.27. The van der Waals surface area contributed by atoms with E-state index in [0.717, 1.165) is 41.7 Å². The number of carbonyl (C=O) groups excluding carboxylic acids is 1. The van der Waals surface area contributed by atoms with Crippen LogP contribution in [0.15, 0.2) is 29.4 Å². The zero-order chi connectivity index (χ0) is 23.5. The average molecular weight is 472 g/mol. The van der Waals surface area contributed by atoms with Gasteiger partial charge in [-0.25, -0.2) is 4.39 Å². The first-order valence-electron chi connectivity index (χ1n) is 11.2. The van der Waals surface area contributed by atoms with Crippen LogP contribution >= 0.6 is 11.8 Å². The first-order chi connectivity index (χ1) is 15.8. The Hall–Kier alpha value is -2.72. The van der Waals surface area contributed by atoms with Crippen LogP contribution in [0, 0.1) is 19.7 Å². The number of benzene rings is 1. The van der Waals surface area contributed by atoms with Gasteiger partial charge in [-0.15, -0.1) is 10.2 Å². The quantitative estimate of drug-likeness (QED) is 0.527. The van der Waals surface area contributed by atoms with Crippen molar-refractivity contribution in [2.45, 2.75) is 57.0 Å². The van der Waals surface area contributed by atoms with E-state index < -0.39 is 5.25 Å². The lowest BCUT2D eigenvalue weighted by atomic mass is 10.1. The molecular formula is C23H30FN7OS. The molecular weight excluding hydrogens is 441 g/mol. The Balaban J connectivity index is 1.57. The Morgan fingerprint density at radius 2 is 1.85 bits per heavy atom. The van der Waals surface area contributed by atoms with Gasteiger partial charge in [0.05, 0.1) is 28.9 Å². The van der Waals surface area contributed by atoms with Gasteiger partial charge in [0, 0.05) is 12.7 Å². The maximum atomic E-state index is 13.6. The number of hydrogen-bond donors (Lipinski definition) is 1. The molecule has 4 rings (SSSR count). The van der Waals surface area contributed by atoms with Crippen LogP contribution in [0.2, 0.25) is 0 Å². The van der Waals surface area contributed by atoms with Crippen molar-refractivity contribution in [3.63, 3.8) is 0 Å². The number of anilines is 1.